The van der Waals surface area contributed by atoms with Gasteiger partial charge in [0, 0.05) is 42.9 Å². The smallest absolute Gasteiger partial charge is 0.347 e. The quantitative estimate of drug-likeness (QED) is 0.663. The van der Waals surface area contributed by atoms with Crippen molar-refractivity contribution < 1.29 is 4.79 Å². The molecule has 0 spiro atoms. The number of amides is 2. The molecule has 2 aromatic carbocycles. The van der Waals surface area contributed by atoms with Crippen molar-refractivity contribution in [2.45, 2.75) is 25.9 Å². The average molecular weight is 403 g/mol. The number of carbonyl (C=O) groups is 1. The van der Waals surface area contributed by atoms with Crippen LogP contribution in [0.5, 0.6) is 0 Å². The largest absolute Gasteiger partial charge is 0.366 e. The molecule has 0 saturated carbocycles. The van der Waals surface area contributed by atoms with Crippen LogP contribution >= 0.6 is 0 Å². The van der Waals surface area contributed by atoms with Crippen LogP contribution in [0.2, 0.25) is 0 Å². The van der Waals surface area contributed by atoms with E-state index in [0.717, 1.165) is 18.5 Å². The highest BCUT2D eigenvalue weighted by Crippen LogP contribution is 2.28. The van der Waals surface area contributed by atoms with Gasteiger partial charge in [-0.25, -0.2) is 14.6 Å². The Hall–Kier alpha value is -3.61. The van der Waals surface area contributed by atoms with E-state index < -0.39 is 0 Å². The van der Waals surface area contributed by atoms with Crippen molar-refractivity contribution in [2.75, 3.05) is 23.3 Å². The molecule has 0 fully saturated rings. The molecule has 4 rings (SSSR count). The number of nitrogens with one attached hydrogen (secondary N) is 2. The second-order valence-corrected chi connectivity index (χ2v) is 7.49. The van der Waals surface area contributed by atoms with Crippen molar-refractivity contribution in [3.05, 3.63) is 88.6 Å². The normalized spacial score (nSPS) is 13.6. The Morgan fingerprint density at radius 3 is 2.90 bits per heavy atom. The van der Waals surface area contributed by atoms with Crippen LogP contribution in [-0.4, -0.2) is 34.7 Å². The number of para-hydroxylation sites is 1. The van der Waals surface area contributed by atoms with Gasteiger partial charge in [0.2, 0.25) is 0 Å². The number of aromatic nitrogens is 2. The van der Waals surface area contributed by atoms with Gasteiger partial charge in [-0.05, 0) is 48.7 Å². The molecule has 0 unspecified atom stereocenters. The molecule has 0 bridgehead atoms. The number of hydrogen-bond donors (Lipinski definition) is 2. The summed E-state index contributed by atoms with van der Waals surface area (Å²) in [6.07, 6.45) is 4.21. The van der Waals surface area contributed by atoms with Crippen LogP contribution in [-0.2, 0) is 13.0 Å². The third-order valence-electron chi connectivity index (χ3n) is 5.33. The molecule has 1 aromatic heterocycles. The second-order valence-electron chi connectivity index (χ2n) is 7.49. The molecule has 154 valence electrons. The molecule has 0 radical (unpaired) electrons. The van der Waals surface area contributed by atoms with Gasteiger partial charge in [0.05, 0.1) is 6.54 Å². The Labute approximate surface area is 175 Å². The van der Waals surface area contributed by atoms with Crippen molar-refractivity contribution >= 4 is 17.4 Å². The molecule has 0 aliphatic carbocycles. The van der Waals surface area contributed by atoms with Gasteiger partial charge in [0.25, 0.3) is 0 Å². The molecule has 1 aliphatic rings. The fourth-order valence-corrected chi connectivity index (χ4v) is 3.80. The van der Waals surface area contributed by atoms with E-state index in [1.54, 1.807) is 12.3 Å². The predicted molar refractivity (Wildman–Crippen MR) is 118 cm³/mol. The maximum absolute atomic E-state index is 12.4. The number of nitrogens with zero attached hydrogens (tertiary/aromatic N) is 3. The molecule has 30 heavy (non-hydrogen) atoms. The molecular formula is C23H25N5O2. The minimum absolute atomic E-state index is 0.197. The van der Waals surface area contributed by atoms with E-state index in [2.05, 4.69) is 51.7 Å². The summed E-state index contributed by atoms with van der Waals surface area (Å²) in [6.45, 7) is 4.04. The minimum atomic E-state index is -0.300. The van der Waals surface area contributed by atoms with Crippen molar-refractivity contribution in [1.82, 2.24) is 14.9 Å². The van der Waals surface area contributed by atoms with Crippen LogP contribution in [0.15, 0.2) is 71.8 Å². The van der Waals surface area contributed by atoms with E-state index in [1.165, 1.54) is 22.0 Å². The standard InChI is InChI=1S/C23H25N5O2/c1-17(28-13-10-19-7-2-3-9-21(19)28)15-25-22(29)26-20-8-4-6-18(14-20)16-27-12-5-11-24-23(27)30/h2-9,11-12,14,17H,10,13,15-16H2,1H3,(H2,25,26,29)/t17-/m1/s1. The molecule has 0 saturated heterocycles. The van der Waals surface area contributed by atoms with E-state index in [4.69, 9.17) is 0 Å². The van der Waals surface area contributed by atoms with Crippen LogP contribution in [0.1, 0.15) is 18.1 Å². The summed E-state index contributed by atoms with van der Waals surface area (Å²) >= 11 is 0. The summed E-state index contributed by atoms with van der Waals surface area (Å²) in [6, 6.07) is 17.5. The zero-order valence-corrected chi connectivity index (χ0v) is 16.9. The number of fused-ring (bicyclic) bond motifs is 1. The molecule has 2 N–H and O–H groups in total. The topological polar surface area (TPSA) is 79.3 Å². The maximum atomic E-state index is 12.4. The summed E-state index contributed by atoms with van der Waals surface area (Å²) in [5.74, 6) is 0. The zero-order chi connectivity index (χ0) is 20.9. The Bertz CT molecular complexity index is 1090. The van der Waals surface area contributed by atoms with E-state index >= 15 is 0 Å². The van der Waals surface area contributed by atoms with Crippen molar-refractivity contribution in [1.29, 1.82) is 0 Å². The fraction of sp³-hybridized carbons (Fsp3) is 0.261. The summed E-state index contributed by atoms with van der Waals surface area (Å²) in [7, 11) is 0. The van der Waals surface area contributed by atoms with Gasteiger partial charge < -0.3 is 15.5 Å². The van der Waals surface area contributed by atoms with Crippen LogP contribution in [0.3, 0.4) is 0 Å². The molecule has 1 atom stereocenters. The highest BCUT2D eigenvalue weighted by molar-refractivity contribution is 5.89. The molecule has 7 nitrogen and oxygen atoms in total. The number of anilines is 2. The summed E-state index contributed by atoms with van der Waals surface area (Å²) in [5.41, 5.74) is 3.90. The van der Waals surface area contributed by atoms with Gasteiger partial charge in [-0.3, -0.25) is 4.57 Å². The summed E-state index contributed by atoms with van der Waals surface area (Å²) < 4.78 is 1.52. The van der Waals surface area contributed by atoms with Gasteiger partial charge in [0.1, 0.15) is 0 Å². The number of benzene rings is 2. The molecular weight excluding hydrogens is 378 g/mol. The highest BCUT2D eigenvalue weighted by Gasteiger charge is 2.23. The Morgan fingerprint density at radius 1 is 1.17 bits per heavy atom. The summed E-state index contributed by atoms with van der Waals surface area (Å²) in [5, 5.41) is 5.84. The first kappa shape index (κ1) is 19.7. The van der Waals surface area contributed by atoms with E-state index in [1.807, 2.05) is 24.3 Å². The minimum Gasteiger partial charge on any atom is -0.366 e. The van der Waals surface area contributed by atoms with Crippen molar-refractivity contribution in [3.63, 3.8) is 0 Å². The molecule has 2 heterocycles. The number of urea groups is 1. The fourth-order valence-electron chi connectivity index (χ4n) is 3.80. The van der Waals surface area contributed by atoms with Crippen molar-refractivity contribution in [3.8, 4) is 0 Å². The van der Waals surface area contributed by atoms with Crippen LogP contribution in [0, 0.1) is 0 Å². The SMILES string of the molecule is C[C@H](CNC(=O)Nc1cccc(Cn2cccnc2=O)c1)N1CCc2ccccc21. The number of rotatable bonds is 6. The lowest BCUT2D eigenvalue weighted by atomic mass is 10.2. The lowest BCUT2D eigenvalue weighted by molar-refractivity contribution is 0.251. The monoisotopic (exact) mass is 403 g/mol. The number of hydrogen-bond acceptors (Lipinski definition) is 4. The molecule has 1 aliphatic heterocycles. The zero-order valence-electron chi connectivity index (χ0n) is 16.9. The average Bonchev–Trinajstić information content (AvgIpc) is 3.18. The van der Waals surface area contributed by atoms with Gasteiger partial charge in [0.15, 0.2) is 0 Å². The molecule has 3 aromatic rings. The molecule has 2 amide bonds. The lowest BCUT2D eigenvalue weighted by Crippen LogP contribution is -2.42. The third kappa shape index (κ3) is 4.51. The van der Waals surface area contributed by atoms with E-state index in [0.29, 0.717) is 18.8 Å². The number of carbonyl (C=O) groups excluding carboxylic acids is 1. The third-order valence-corrected chi connectivity index (χ3v) is 5.33. The lowest BCUT2D eigenvalue weighted by Gasteiger charge is -2.27. The van der Waals surface area contributed by atoms with Crippen LogP contribution in [0.4, 0.5) is 16.2 Å². The first-order valence-corrected chi connectivity index (χ1v) is 10.1. The highest BCUT2D eigenvalue weighted by atomic mass is 16.2. The van der Waals surface area contributed by atoms with E-state index in [9.17, 15) is 9.59 Å². The summed E-state index contributed by atoms with van der Waals surface area (Å²) in [4.78, 5) is 30.3. The van der Waals surface area contributed by atoms with Crippen molar-refractivity contribution in [2.24, 2.45) is 0 Å². The van der Waals surface area contributed by atoms with Gasteiger partial charge >= 0.3 is 11.7 Å². The second kappa shape index (κ2) is 8.82. The Kier molecular flexibility index (Phi) is 5.79. The first-order chi connectivity index (χ1) is 14.6. The van der Waals surface area contributed by atoms with Gasteiger partial charge in [-0.2, -0.15) is 0 Å². The Morgan fingerprint density at radius 2 is 2.03 bits per heavy atom. The van der Waals surface area contributed by atoms with Crippen LogP contribution in [0.25, 0.3) is 0 Å². The van der Waals surface area contributed by atoms with E-state index in [-0.39, 0.29) is 17.8 Å². The predicted octanol–water partition coefficient (Wildman–Crippen LogP) is 2.86. The van der Waals surface area contributed by atoms with Gasteiger partial charge in [-0.15, -0.1) is 0 Å². The van der Waals surface area contributed by atoms with Crippen LogP contribution < -0.4 is 21.2 Å². The van der Waals surface area contributed by atoms with Gasteiger partial charge in [-0.1, -0.05) is 30.3 Å². The first-order valence-electron chi connectivity index (χ1n) is 10.1. The molecule has 7 heteroatoms. The Balaban J connectivity index is 1.32. The maximum Gasteiger partial charge on any atom is 0.347 e.